The fraction of sp³-hybridized carbons (Fsp3) is 0.429. The molecule has 6 nitrogen and oxygen atoms in total. The van der Waals surface area contributed by atoms with Crippen LogP contribution in [0.2, 0.25) is 5.02 Å². The molecule has 7 heteroatoms. The summed E-state index contributed by atoms with van der Waals surface area (Å²) in [5.74, 6) is -0.169. The van der Waals surface area contributed by atoms with Gasteiger partial charge in [-0.15, -0.1) is 0 Å². The largest absolute Gasteiger partial charge is 0.493 e. The first kappa shape index (κ1) is 20.3. The molecule has 1 heterocycles. The number of nitrogens with zero attached hydrogens (tertiary/aromatic N) is 1. The van der Waals surface area contributed by atoms with Crippen LogP contribution in [-0.2, 0) is 4.74 Å². The van der Waals surface area contributed by atoms with Crippen LogP contribution in [0.15, 0.2) is 18.2 Å². The molecular weight excluding hydrogens is 382 g/mol. The summed E-state index contributed by atoms with van der Waals surface area (Å²) in [4.78, 5) is 25.0. The minimum absolute atomic E-state index is 0.196. The van der Waals surface area contributed by atoms with Gasteiger partial charge in [-0.05, 0) is 51.8 Å². The van der Waals surface area contributed by atoms with Crippen molar-refractivity contribution in [3.63, 3.8) is 0 Å². The lowest BCUT2D eigenvalue weighted by Gasteiger charge is -2.13. The van der Waals surface area contributed by atoms with E-state index in [-0.39, 0.29) is 23.0 Å². The maximum atomic E-state index is 12.6. The van der Waals surface area contributed by atoms with E-state index in [9.17, 15) is 9.59 Å². The molecule has 0 aliphatic heterocycles. The van der Waals surface area contributed by atoms with Crippen molar-refractivity contribution in [2.75, 3.05) is 20.3 Å². The number of aromatic nitrogens is 1. The average Bonchev–Trinajstić information content (AvgIpc) is 3.45. The van der Waals surface area contributed by atoms with Gasteiger partial charge in [-0.25, -0.2) is 4.79 Å². The third kappa shape index (κ3) is 4.02. The van der Waals surface area contributed by atoms with Gasteiger partial charge in [0.1, 0.15) is 0 Å². The number of aryl methyl sites for hydroxylation is 1. The van der Waals surface area contributed by atoms with E-state index in [2.05, 4.69) is 4.57 Å². The number of hydrogen-bond donors (Lipinski definition) is 0. The van der Waals surface area contributed by atoms with Crippen molar-refractivity contribution in [2.45, 2.75) is 39.7 Å². The molecule has 1 aliphatic rings. The van der Waals surface area contributed by atoms with E-state index in [4.69, 9.17) is 25.8 Å². The summed E-state index contributed by atoms with van der Waals surface area (Å²) in [5, 5.41) is 0.243. The first-order chi connectivity index (χ1) is 13.4. The molecule has 1 aliphatic carbocycles. The van der Waals surface area contributed by atoms with Gasteiger partial charge in [-0.2, -0.15) is 0 Å². The Morgan fingerprint density at radius 2 is 1.93 bits per heavy atom. The molecule has 28 heavy (non-hydrogen) atoms. The number of carbonyl (C=O) groups is 2. The van der Waals surface area contributed by atoms with Crippen LogP contribution in [0.1, 0.15) is 57.9 Å². The summed E-state index contributed by atoms with van der Waals surface area (Å²) in [6.45, 7) is 5.82. The first-order valence-corrected chi connectivity index (χ1v) is 9.64. The van der Waals surface area contributed by atoms with Crippen molar-refractivity contribution in [2.24, 2.45) is 0 Å². The van der Waals surface area contributed by atoms with Gasteiger partial charge in [0.05, 0.1) is 24.3 Å². The third-order valence-electron chi connectivity index (χ3n) is 4.78. The van der Waals surface area contributed by atoms with E-state index < -0.39 is 5.97 Å². The molecule has 0 unspecified atom stereocenters. The Morgan fingerprint density at radius 1 is 1.21 bits per heavy atom. The lowest BCUT2D eigenvalue weighted by Crippen LogP contribution is -2.15. The topological polar surface area (TPSA) is 66.8 Å². The molecule has 0 spiro atoms. The number of rotatable bonds is 8. The number of methoxy groups -OCH3 is 1. The van der Waals surface area contributed by atoms with E-state index in [1.165, 1.54) is 19.2 Å². The van der Waals surface area contributed by atoms with Gasteiger partial charge in [0.2, 0.25) is 5.78 Å². The lowest BCUT2D eigenvalue weighted by molar-refractivity contribution is 0.0474. The van der Waals surface area contributed by atoms with Crippen molar-refractivity contribution in [1.82, 2.24) is 4.57 Å². The molecule has 1 aromatic heterocycles. The highest BCUT2D eigenvalue weighted by atomic mass is 35.5. The Labute approximate surface area is 169 Å². The predicted octanol–water partition coefficient (Wildman–Crippen LogP) is 4.54. The van der Waals surface area contributed by atoms with E-state index in [1.807, 2.05) is 26.8 Å². The van der Waals surface area contributed by atoms with Gasteiger partial charge in [0, 0.05) is 23.0 Å². The molecule has 150 valence electrons. The Balaban J connectivity index is 1.71. The zero-order valence-corrected chi connectivity index (χ0v) is 17.3. The van der Waals surface area contributed by atoms with E-state index in [0.717, 1.165) is 24.2 Å². The summed E-state index contributed by atoms with van der Waals surface area (Å²) < 4.78 is 18.1. The molecule has 0 amide bonds. The summed E-state index contributed by atoms with van der Waals surface area (Å²) in [7, 11) is 1.46. The number of benzene rings is 1. The molecule has 2 aromatic rings. The molecule has 1 aromatic carbocycles. The van der Waals surface area contributed by atoms with Crippen LogP contribution in [-0.4, -0.2) is 36.6 Å². The summed E-state index contributed by atoms with van der Waals surface area (Å²) in [6.07, 6.45) is 2.28. The highest BCUT2D eigenvalue weighted by Gasteiger charge is 2.28. The van der Waals surface area contributed by atoms with Gasteiger partial charge in [-0.1, -0.05) is 11.6 Å². The normalized spacial score (nSPS) is 13.3. The van der Waals surface area contributed by atoms with Crippen molar-refractivity contribution >= 4 is 23.4 Å². The highest BCUT2D eigenvalue weighted by Crippen LogP contribution is 2.38. The lowest BCUT2D eigenvalue weighted by atomic mass is 10.1. The Hall–Kier alpha value is -2.47. The maximum Gasteiger partial charge on any atom is 0.338 e. The maximum absolute atomic E-state index is 12.6. The van der Waals surface area contributed by atoms with Crippen LogP contribution >= 0.6 is 11.6 Å². The predicted molar refractivity (Wildman–Crippen MR) is 106 cm³/mol. The number of ketones is 1. The van der Waals surface area contributed by atoms with Crippen LogP contribution in [0.5, 0.6) is 11.5 Å². The van der Waals surface area contributed by atoms with E-state index >= 15 is 0 Å². The van der Waals surface area contributed by atoms with Gasteiger partial charge < -0.3 is 18.8 Å². The molecule has 1 saturated carbocycles. The second-order valence-corrected chi connectivity index (χ2v) is 7.21. The minimum Gasteiger partial charge on any atom is -0.493 e. The quantitative estimate of drug-likeness (QED) is 0.476. The highest BCUT2D eigenvalue weighted by molar-refractivity contribution is 6.32. The fourth-order valence-corrected chi connectivity index (χ4v) is 3.63. The summed E-state index contributed by atoms with van der Waals surface area (Å²) in [5.41, 5.74) is 2.77. The van der Waals surface area contributed by atoms with E-state index in [1.54, 1.807) is 0 Å². The summed E-state index contributed by atoms with van der Waals surface area (Å²) >= 11 is 6.19. The average molecular weight is 406 g/mol. The second kappa shape index (κ2) is 8.27. The molecule has 3 rings (SSSR count). The molecule has 1 fully saturated rings. The SMILES string of the molecule is CCOc1c(Cl)cc(C(=O)OCC(=O)c2cc(C)n(C3CC3)c2C)cc1OC. The smallest absolute Gasteiger partial charge is 0.338 e. The van der Waals surface area contributed by atoms with Crippen LogP contribution in [0.3, 0.4) is 0 Å². The monoisotopic (exact) mass is 405 g/mol. The molecule has 0 N–H and O–H groups in total. The number of esters is 1. The summed E-state index contributed by atoms with van der Waals surface area (Å²) in [6, 6.07) is 5.28. The van der Waals surface area contributed by atoms with Crippen molar-refractivity contribution in [3.05, 3.63) is 45.7 Å². The number of ether oxygens (including phenoxy) is 3. The Bertz CT molecular complexity index is 914. The molecule has 0 bridgehead atoms. The van der Waals surface area contributed by atoms with Gasteiger partial charge in [0.25, 0.3) is 0 Å². The second-order valence-electron chi connectivity index (χ2n) is 6.81. The number of hydrogen-bond acceptors (Lipinski definition) is 5. The first-order valence-electron chi connectivity index (χ1n) is 9.26. The number of Topliss-reactive ketones (excluding diaryl/α,β-unsaturated/α-hetero) is 1. The van der Waals surface area contributed by atoms with Crippen LogP contribution < -0.4 is 9.47 Å². The zero-order valence-electron chi connectivity index (χ0n) is 16.5. The van der Waals surface area contributed by atoms with Crippen molar-refractivity contribution < 1.29 is 23.8 Å². The molecular formula is C21H24ClNO5. The zero-order chi connectivity index (χ0) is 20.4. The van der Waals surface area contributed by atoms with Crippen LogP contribution in [0, 0.1) is 13.8 Å². The molecule has 0 radical (unpaired) electrons. The Kier molecular flexibility index (Phi) is 5.98. The van der Waals surface area contributed by atoms with Gasteiger partial charge in [-0.3, -0.25) is 4.79 Å². The van der Waals surface area contributed by atoms with E-state index in [0.29, 0.717) is 29.7 Å². The minimum atomic E-state index is -0.646. The van der Waals surface area contributed by atoms with Crippen molar-refractivity contribution in [1.29, 1.82) is 0 Å². The number of halogens is 1. The standard InChI is InChI=1S/C21H24ClNO5/c1-5-27-20-17(22)9-14(10-19(20)26-4)21(25)28-11-18(24)16-8-12(2)23(13(16)3)15-6-7-15/h8-10,15H,5-7,11H2,1-4H3. The fourth-order valence-electron chi connectivity index (χ4n) is 3.37. The molecule has 0 atom stereocenters. The van der Waals surface area contributed by atoms with Gasteiger partial charge >= 0.3 is 5.97 Å². The number of carbonyl (C=O) groups excluding carboxylic acids is 2. The van der Waals surface area contributed by atoms with Crippen LogP contribution in [0.25, 0.3) is 0 Å². The van der Waals surface area contributed by atoms with Crippen molar-refractivity contribution in [3.8, 4) is 11.5 Å². The Morgan fingerprint density at radius 3 is 2.54 bits per heavy atom. The third-order valence-corrected chi connectivity index (χ3v) is 5.07. The molecule has 0 saturated heterocycles. The van der Waals surface area contributed by atoms with Gasteiger partial charge in [0.15, 0.2) is 18.1 Å². The van der Waals surface area contributed by atoms with Crippen LogP contribution in [0.4, 0.5) is 0 Å².